The van der Waals surface area contributed by atoms with Crippen LogP contribution in [0.25, 0.3) is 0 Å². The van der Waals surface area contributed by atoms with E-state index in [0.717, 1.165) is 49.7 Å². The van der Waals surface area contributed by atoms with Gasteiger partial charge in [-0.15, -0.1) is 0 Å². The molecular formula is C21H25F2N3O2. The number of aliphatic hydroxyl groups excluding tert-OH is 1. The zero-order chi connectivity index (χ0) is 20.1. The first-order valence-corrected chi connectivity index (χ1v) is 9.40. The highest BCUT2D eigenvalue weighted by atomic mass is 19.2. The molecule has 7 heteroatoms. The maximum absolute atomic E-state index is 13.6. The van der Waals surface area contributed by atoms with Gasteiger partial charge in [0, 0.05) is 37.4 Å². The number of anilines is 1. The predicted octanol–water partition coefficient (Wildman–Crippen LogP) is 3.55. The third-order valence-corrected chi connectivity index (χ3v) is 5.10. The molecule has 2 amide bonds. The van der Waals surface area contributed by atoms with Gasteiger partial charge in [0.1, 0.15) is 0 Å². The third kappa shape index (κ3) is 5.05. The van der Waals surface area contributed by atoms with Crippen molar-refractivity contribution in [2.24, 2.45) is 0 Å². The summed E-state index contributed by atoms with van der Waals surface area (Å²) in [5.41, 5.74) is 2.40. The zero-order valence-electron chi connectivity index (χ0n) is 15.8. The first-order valence-electron chi connectivity index (χ1n) is 9.40. The lowest BCUT2D eigenvalue weighted by atomic mass is 10.0. The molecule has 3 N–H and O–H groups in total. The summed E-state index contributed by atoms with van der Waals surface area (Å²) < 4.78 is 26.8. The van der Waals surface area contributed by atoms with Crippen LogP contribution in [0.3, 0.4) is 0 Å². The van der Waals surface area contributed by atoms with E-state index in [1.165, 1.54) is 13.0 Å². The van der Waals surface area contributed by atoms with E-state index < -0.39 is 17.7 Å². The highest BCUT2D eigenvalue weighted by Crippen LogP contribution is 2.20. The molecular weight excluding hydrogens is 364 g/mol. The van der Waals surface area contributed by atoms with Crippen molar-refractivity contribution < 1.29 is 18.7 Å². The highest BCUT2D eigenvalue weighted by molar-refractivity contribution is 5.90. The molecule has 0 bridgehead atoms. The monoisotopic (exact) mass is 389 g/mol. The van der Waals surface area contributed by atoms with E-state index in [9.17, 15) is 18.7 Å². The molecule has 0 unspecified atom stereocenters. The normalized spacial score (nSPS) is 15.4. The average Bonchev–Trinajstić information content (AvgIpc) is 2.69. The first-order chi connectivity index (χ1) is 13.4. The Morgan fingerprint density at radius 3 is 2.54 bits per heavy atom. The Hall–Kier alpha value is -2.51. The summed E-state index contributed by atoms with van der Waals surface area (Å²) >= 11 is 0. The van der Waals surface area contributed by atoms with Crippen LogP contribution in [0, 0.1) is 18.6 Å². The van der Waals surface area contributed by atoms with Crippen LogP contribution in [0.2, 0.25) is 0 Å². The molecule has 1 fully saturated rings. The predicted molar refractivity (Wildman–Crippen MR) is 104 cm³/mol. The minimum Gasteiger partial charge on any atom is -0.393 e. The smallest absolute Gasteiger partial charge is 0.319 e. The van der Waals surface area contributed by atoms with Crippen molar-refractivity contribution in [2.45, 2.75) is 39.0 Å². The Labute approximate surface area is 163 Å². The fourth-order valence-electron chi connectivity index (χ4n) is 3.33. The third-order valence-electron chi connectivity index (χ3n) is 5.10. The lowest BCUT2D eigenvalue weighted by molar-refractivity contribution is 0.0791. The summed E-state index contributed by atoms with van der Waals surface area (Å²) in [6.07, 6.45) is 1.34. The molecule has 0 aromatic heterocycles. The molecule has 150 valence electrons. The summed E-state index contributed by atoms with van der Waals surface area (Å²) in [5, 5.41) is 15.0. The average molecular weight is 389 g/mol. The number of hydrogen-bond donors (Lipinski definition) is 3. The SMILES string of the molecule is Cc1c(NC(=O)NCc2ccccc2CN2CCC(O)CC2)ccc(F)c1F. The van der Waals surface area contributed by atoms with Crippen LogP contribution in [0.5, 0.6) is 0 Å². The van der Waals surface area contributed by atoms with E-state index in [2.05, 4.69) is 15.5 Å². The second-order valence-electron chi connectivity index (χ2n) is 7.12. The van der Waals surface area contributed by atoms with Crippen molar-refractivity contribution >= 4 is 11.7 Å². The Kier molecular flexibility index (Phi) is 6.59. The van der Waals surface area contributed by atoms with E-state index in [0.29, 0.717) is 6.54 Å². The Morgan fingerprint density at radius 1 is 1.14 bits per heavy atom. The molecule has 0 aliphatic carbocycles. The molecule has 3 rings (SSSR count). The van der Waals surface area contributed by atoms with Gasteiger partial charge in [0.05, 0.1) is 6.10 Å². The summed E-state index contributed by atoms with van der Waals surface area (Å²) in [5.74, 6) is -1.91. The van der Waals surface area contributed by atoms with Gasteiger partial charge in [-0.05, 0) is 43.0 Å². The Balaban J connectivity index is 1.58. The number of rotatable bonds is 5. The van der Waals surface area contributed by atoms with Gasteiger partial charge in [0.15, 0.2) is 11.6 Å². The molecule has 0 spiro atoms. The number of benzene rings is 2. The standard InChI is InChI=1S/C21H25F2N3O2/c1-14-19(7-6-18(22)20(14)23)25-21(28)24-12-15-4-2-3-5-16(15)13-26-10-8-17(27)9-11-26/h2-7,17,27H,8-13H2,1H3,(H2,24,25,28). The molecule has 0 saturated carbocycles. The number of amides is 2. The maximum atomic E-state index is 13.6. The largest absolute Gasteiger partial charge is 0.393 e. The second-order valence-corrected chi connectivity index (χ2v) is 7.12. The number of carbonyl (C=O) groups is 1. The molecule has 2 aromatic carbocycles. The van der Waals surface area contributed by atoms with Crippen LogP contribution in [-0.4, -0.2) is 35.2 Å². The van der Waals surface area contributed by atoms with Crippen LogP contribution >= 0.6 is 0 Å². The quantitative estimate of drug-likeness (QED) is 0.733. The Morgan fingerprint density at radius 2 is 1.82 bits per heavy atom. The lowest BCUT2D eigenvalue weighted by Crippen LogP contribution is -2.35. The number of carbonyl (C=O) groups excluding carboxylic acids is 1. The number of halogens is 2. The van der Waals surface area contributed by atoms with E-state index in [1.54, 1.807) is 0 Å². The number of aliphatic hydroxyl groups is 1. The van der Waals surface area contributed by atoms with Gasteiger partial charge in [0.2, 0.25) is 0 Å². The number of hydrogen-bond acceptors (Lipinski definition) is 3. The fraction of sp³-hybridized carbons (Fsp3) is 0.381. The number of urea groups is 1. The van der Waals surface area contributed by atoms with Crippen LogP contribution < -0.4 is 10.6 Å². The van der Waals surface area contributed by atoms with Crippen molar-refractivity contribution in [3.63, 3.8) is 0 Å². The number of likely N-dealkylation sites (tertiary alicyclic amines) is 1. The van der Waals surface area contributed by atoms with Crippen molar-refractivity contribution in [2.75, 3.05) is 18.4 Å². The lowest BCUT2D eigenvalue weighted by Gasteiger charge is -2.30. The first kappa shape index (κ1) is 20.2. The minimum atomic E-state index is -0.963. The van der Waals surface area contributed by atoms with E-state index >= 15 is 0 Å². The van der Waals surface area contributed by atoms with E-state index in [-0.39, 0.29) is 17.4 Å². The van der Waals surface area contributed by atoms with Crippen LogP contribution in [0.15, 0.2) is 36.4 Å². The summed E-state index contributed by atoms with van der Waals surface area (Å²) in [6.45, 7) is 4.19. The van der Waals surface area contributed by atoms with Gasteiger partial charge < -0.3 is 15.7 Å². The Bertz CT molecular complexity index is 836. The van der Waals surface area contributed by atoms with Gasteiger partial charge in [-0.25, -0.2) is 13.6 Å². The van der Waals surface area contributed by atoms with Crippen LogP contribution in [0.4, 0.5) is 19.3 Å². The topological polar surface area (TPSA) is 64.6 Å². The number of piperidine rings is 1. The molecule has 1 saturated heterocycles. The number of nitrogens with one attached hydrogen (secondary N) is 2. The van der Waals surface area contributed by atoms with Gasteiger partial charge in [-0.2, -0.15) is 0 Å². The van der Waals surface area contributed by atoms with Gasteiger partial charge >= 0.3 is 6.03 Å². The van der Waals surface area contributed by atoms with Crippen LogP contribution in [0.1, 0.15) is 29.5 Å². The summed E-state index contributed by atoms with van der Waals surface area (Å²) in [4.78, 5) is 14.5. The number of nitrogens with zero attached hydrogens (tertiary/aromatic N) is 1. The molecule has 1 aliphatic rings. The molecule has 5 nitrogen and oxygen atoms in total. The van der Waals surface area contributed by atoms with E-state index in [4.69, 9.17) is 0 Å². The molecule has 1 aliphatic heterocycles. The maximum Gasteiger partial charge on any atom is 0.319 e. The van der Waals surface area contributed by atoms with Crippen molar-refractivity contribution in [1.82, 2.24) is 10.2 Å². The van der Waals surface area contributed by atoms with Crippen molar-refractivity contribution in [1.29, 1.82) is 0 Å². The van der Waals surface area contributed by atoms with Gasteiger partial charge in [0.25, 0.3) is 0 Å². The van der Waals surface area contributed by atoms with Gasteiger partial charge in [-0.3, -0.25) is 4.90 Å². The molecule has 1 heterocycles. The van der Waals surface area contributed by atoms with Crippen molar-refractivity contribution in [3.8, 4) is 0 Å². The fourth-order valence-corrected chi connectivity index (χ4v) is 3.33. The van der Waals surface area contributed by atoms with Crippen LogP contribution in [-0.2, 0) is 13.1 Å². The van der Waals surface area contributed by atoms with E-state index in [1.807, 2.05) is 24.3 Å². The van der Waals surface area contributed by atoms with Crippen molar-refractivity contribution in [3.05, 3.63) is 64.7 Å². The molecule has 0 atom stereocenters. The summed E-state index contributed by atoms with van der Waals surface area (Å²) in [6, 6.07) is 9.70. The zero-order valence-corrected chi connectivity index (χ0v) is 15.8. The molecule has 2 aromatic rings. The van der Waals surface area contributed by atoms with Gasteiger partial charge in [-0.1, -0.05) is 24.3 Å². The summed E-state index contributed by atoms with van der Waals surface area (Å²) in [7, 11) is 0. The highest BCUT2D eigenvalue weighted by Gasteiger charge is 2.18. The minimum absolute atomic E-state index is 0.0582. The molecule has 0 radical (unpaired) electrons. The molecule has 28 heavy (non-hydrogen) atoms. The second kappa shape index (κ2) is 9.12.